The highest BCUT2D eigenvalue weighted by Crippen LogP contribution is 2.33. The summed E-state index contributed by atoms with van der Waals surface area (Å²) in [4.78, 5) is 13.3. The molecule has 5 N–H and O–H groups in total. The van der Waals surface area contributed by atoms with Crippen LogP contribution in [0.2, 0.25) is 0 Å². The minimum atomic E-state index is -0.703. The summed E-state index contributed by atoms with van der Waals surface area (Å²) in [6.07, 6.45) is 0. The standard InChI is InChI=1S/C25H28N4O3.ClH/c1-16-21(31-2)13-19(14-22(16)32-3)23(25(30)28-15-17-7-5-4-6-8-17)29-20-11-9-18(10-12-20)24(26)27;/h4-14,23,29H,15H2,1-3H3,(H3,26,27)(H,28,30);1H. The molecule has 3 rings (SSSR count). The number of hydrogen-bond acceptors (Lipinski definition) is 5. The Morgan fingerprint density at radius 3 is 2.09 bits per heavy atom. The Morgan fingerprint density at radius 2 is 1.58 bits per heavy atom. The molecule has 0 radical (unpaired) electrons. The minimum absolute atomic E-state index is 0. The van der Waals surface area contributed by atoms with E-state index in [0.717, 1.165) is 11.1 Å². The molecule has 0 aliphatic rings. The molecular formula is C25H29ClN4O3. The number of rotatable bonds is 9. The Bertz CT molecular complexity index is 1060. The number of anilines is 1. The van der Waals surface area contributed by atoms with Gasteiger partial charge in [0.15, 0.2) is 0 Å². The van der Waals surface area contributed by atoms with E-state index in [1.54, 1.807) is 38.5 Å². The van der Waals surface area contributed by atoms with Crippen LogP contribution in [0.5, 0.6) is 11.5 Å². The van der Waals surface area contributed by atoms with Gasteiger partial charge in [-0.05, 0) is 54.4 Å². The van der Waals surface area contributed by atoms with E-state index < -0.39 is 6.04 Å². The average molecular weight is 469 g/mol. The third-order valence-corrected chi connectivity index (χ3v) is 5.19. The van der Waals surface area contributed by atoms with Gasteiger partial charge in [-0.3, -0.25) is 10.2 Å². The molecular weight excluding hydrogens is 440 g/mol. The van der Waals surface area contributed by atoms with Crippen LogP contribution in [-0.4, -0.2) is 26.0 Å². The third-order valence-electron chi connectivity index (χ3n) is 5.19. The van der Waals surface area contributed by atoms with E-state index in [2.05, 4.69) is 10.6 Å². The van der Waals surface area contributed by atoms with Crippen LogP contribution in [0.1, 0.15) is 28.3 Å². The number of nitrogens with two attached hydrogens (primary N) is 1. The zero-order valence-corrected chi connectivity index (χ0v) is 19.7. The molecule has 0 aromatic heterocycles. The van der Waals surface area contributed by atoms with Crippen LogP contribution in [0.4, 0.5) is 5.69 Å². The summed E-state index contributed by atoms with van der Waals surface area (Å²) in [5.74, 6) is 1.06. The maximum absolute atomic E-state index is 13.3. The van der Waals surface area contributed by atoms with E-state index >= 15 is 0 Å². The van der Waals surface area contributed by atoms with Gasteiger partial charge in [0.05, 0.1) is 14.2 Å². The monoisotopic (exact) mass is 468 g/mol. The number of methoxy groups -OCH3 is 2. The summed E-state index contributed by atoms with van der Waals surface area (Å²) in [7, 11) is 3.17. The van der Waals surface area contributed by atoms with Gasteiger partial charge in [-0.1, -0.05) is 30.3 Å². The van der Waals surface area contributed by atoms with Crippen LogP contribution in [0.3, 0.4) is 0 Å². The molecule has 7 nitrogen and oxygen atoms in total. The minimum Gasteiger partial charge on any atom is -0.496 e. The second kappa shape index (κ2) is 11.8. The topological polar surface area (TPSA) is 109 Å². The van der Waals surface area contributed by atoms with Crippen molar-refractivity contribution >= 4 is 29.8 Å². The van der Waals surface area contributed by atoms with Crippen molar-refractivity contribution in [2.75, 3.05) is 19.5 Å². The molecule has 0 bridgehead atoms. The highest BCUT2D eigenvalue weighted by Gasteiger charge is 2.23. The number of amides is 1. The van der Waals surface area contributed by atoms with Crippen molar-refractivity contribution in [2.24, 2.45) is 5.73 Å². The Morgan fingerprint density at radius 1 is 1.00 bits per heavy atom. The zero-order chi connectivity index (χ0) is 23.1. The SMILES string of the molecule is COc1cc(C(Nc2ccc(C(=N)N)cc2)C(=O)NCc2ccccc2)cc(OC)c1C.Cl. The van der Waals surface area contributed by atoms with E-state index in [0.29, 0.717) is 34.9 Å². The Labute approximate surface area is 200 Å². The fourth-order valence-electron chi connectivity index (χ4n) is 3.37. The summed E-state index contributed by atoms with van der Waals surface area (Å²) >= 11 is 0. The summed E-state index contributed by atoms with van der Waals surface area (Å²) in [5.41, 5.74) is 9.43. The van der Waals surface area contributed by atoms with Crippen molar-refractivity contribution in [3.05, 3.63) is 89.0 Å². The summed E-state index contributed by atoms with van der Waals surface area (Å²) < 4.78 is 11.0. The first-order valence-electron chi connectivity index (χ1n) is 10.2. The lowest BCUT2D eigenvalue weighted by Crippen LogP contribution is -2.33. The molecule has 0 saturated carbocycles. The van der Waals surface area contributed by atoms with E-state index in [9.17, 15) is 4.79 Å². The van der Waals surface area contributed by atoms with Crippen molar-refractivity contribution in [3.8, 4) is 11.5 Å². The fraction of sp³-hybridized carbons (Fsp3) is 0.200. The van der Waals surface area contributed by atoms with Gasteiger partial charge >= 0.3 is 0 Å². The van der Waals surface area contributed by atoms with E-state index in [1.807, 2.05) is 49.4 Å². The van der Waals surface area contributed by atoms with Crippen LogP contribution in [0.25, 0.3) is 0 Å². The van der Waals surface area contributed by atoms with Crippen molar-refractivity contribution in [2.45, 2.75) is 19.5 Å². The molecule has 0 fully saturated rings. The first-order chi connectivity index (χ1) is 15.4. The number of benzene rings is 3. The lowest BCUT2D eigenvalue weighted by atomic mass is 10.0. The van der Waals surface area contributed by atoms with Crippen LogP contribution < -0.4 is 25.8 Å². The number of halogens is 1. The second-order valence-electron chi connectivity index (χ2n) is 7.32. The number of hydrogen-bond donors (Lipinski definition) is 4. The predicted octanol–water partition coefficient (Wildman–Crippen LogP) is 4.19. The van der Waals surface area contributed by atoms with Gasteiger partial charge in [0.2, 0.25) is 5.91 Å². The van der Waals surface area contributed by atoms with Gasteiger partial charge in [-0.25, -0.2) is 0 Å². The van der Waals surface area contributed by atoms with Crippen LogP contribution >= 0.6 is 12.4 Å². The molecule has 0 heterocycles. The molecule has 8 heteroatoms. The molecule has 0 aliphatic carbocycles. The molecule has 174 valence electrons. The molecule has 3 aromatic carbocycles. The van der Waals surface area contributed by atoms with Crippen molar-refractivity contribution in [3.63, 3.8) is 0 Å². The third kappa shape index (κ3) is 6.40. The van der Waals surface area contributed by atoms with E-state index in [-0.39, 0.29) is 24.1 Å². The van der Waals surface area contributed by atoms with Gasteiger partial charge in [-0.15, -0.1) is 12.4 Å². The van der Waals surface area contributed by atoms with Gasteiger partial charge in [0, 0.05) is 23.4 Å². The molecule has 1 atom stereocenters. The van der Waals surface area contributed by atoms with Crippen molar-refractivity contribution in [1.82, 2.24) is 5.32 Å². The molecule has 1 unspecified atom stereocenters. The van der Waals surface area contributed by atoms with Crippen molar-refractivity contribution in [1.29, 1.82) is 5.41 Å². The zero-order valence-electron chi connectivity index (χ0n) is 18.8. The smallest absolute Gasteiger partial charge is 0.247 e. The van der Waals surface area contributed by atoms with Gasteiger partial charge in [-0.2, -0.15) is 0 Å². The van der Waals surface area contributed by atoms with Gasteiger partial charge in [0.25, 0.3) is 0 Å². The number of carbonyl (C=O) groups excluding carboxylic acids is 1. The Kier molecular flexibility index (Phi) is 9.12. The molecule has 0 saturated heterocycles. The first kappa shape index (κ1) is 25.5. The highest BCUT2D eigenvalue weighted by atomic mass is 35.5. The lowest BCUT2D eigenvalue weighted by molar-refractivity contribution is -0.122. The molecule has 0 spiro atoms. The quantitative estimate of drug-likeness (QED) is 0.278. The molecule has 0 aliphatic heterocycles. The second-order valence-corrected chi connectivity index (χ2v) is 7.32. The van der Waals surface area contributed by atoms with E-state index in [4.69, 9.17) is 20.6 Å². The number of carbonyl (C=O) groups is 1. The number of nitrogen functional groups attached to an aromatic ring is 1. The highest BCUT2D eigenvalue weighted by molar-refractivity contribution is 5.95. The largest absolute Gasteiger partial charge is 0.496 e. The molecule has 1 amide bonds. The van der Waals surface area contributed by atoms with Crippen molar-refractivity contribution < 1.29 is 14.3 Å². The summed E-state index contributed by atoms with van der Waals surface area (Å²) in [5, 5.41) is 13.8. The normalized spacial score (nSPS) is 11.0. The summed E-state index contributed by atoms with van der Waals surface area (Å²) in [6, 6.07) is 19.7. The van der Waals surface area contributed by atoms with Gasteiger partial charge in [0.1, 0.15) is 23.4 Å². The summed E-state index contributed by atoms with van der Waals surface area (Å²) in [6.45, 7) is 2.31. The Hall–Kier alpha value is -3.71. The van der Waals surface area contributed by atoms with Crippen LogP contribution in [0, 0.1) is 12.3 Å². The number of amidine groups is 1. The maximum atomic E-state index is 13.3. The first-order valence-corrected chi connectivity index (χ1v) is 10.2. The molecule has 33 heavy (non-hydrogen) atoms. The lowest BCUT2D eigenvalue weighted by Gasteiger charge is -2.22. The Balaban J connectivity index is 0.00000385. The number of ether oxygens (including phenoxy) is 2. The fourth-order valence-corrected chi connectivity index (χ4v) is 3.37. The predicted molar refractivity (Wildman–Crippen MR) is 134 cm³/mol. The molecule has 3 aromatic rings. The van der Waals surface area contributed by atoms with Crippen LogP contribution in [0.15, 0.2) is 66.7 Å². The maximum Gasteiger partial charge on any atom is 0.247 e. The number of nitrogens with one attached hydrogen (secondary N) is 3. The van der Waals surface area contributed by atoms with Gasteiger partial charge < -0.3 is 25.8 Å². The average Bonchev–Trinajstić information content (AvgIpc) is 2.82. The van der Waals surface area contributed by atoms with E-state index in [1.165, 1.54) is 0 Å². The van der Waals surface area contributed by atoms with Crippen LogP contribution in [-0.2, 0) is 11.3 Å².